The van der Waals surface area contributed by atoms with E-state index in [4.69, 9.17) is 9.47 Å². The van der Waals surface area contributed by atoms with Crippen LogP contribution >= 0.6 is 0 Å². The molecule has 178 valence electrons. The molecule has 1 atom stereocenters. The summed E-state index contributed by atoms with van der Waals surface area (Å²) in [5, 5.41) is 2.82. The van der Waals surface area contributed by atoms with Crippen LogP contribution in [0.5, 0.6) is 11.5 Å². The molecular weight excluding hydrogens is 437 g/mol. The van der Waals surface area contributed by atoms with Crippen LogP contribution in [0.2, 0.25) is 0 Å². The Labute approximate surface area is 190 Å². The Bertz CT molecular complexity index is 959. The number of amides is 2. The smallest absolute Gasteiger partial charge is 0.416 e. The summed E-state index contributed by atoms with van der Waals surface area (Å²) in [6.45, 7) is 2.84. The van der Waals surface area contributed by atoms with Gasteiger partial charge < -0.3 is 19.7 Å². The fourth-order valence-corrected chi connectivity index (χ4v) is 3.64. The van der Waals surface area contributed by atoms with Gasteiger partial charge in [-0.1, -0.05) is 31.2 Å². The van der Waals surface area contributed by atoms with Crippen molar-refractivity contribution in [2.75, 3.05) is 26.3 Å². The predicted octanol–water partition coefficient (Wildman–Crippen LogP) is 4.35. The molecule has 2 aromatic carbocycles. The number of nitrogens with one attached hydrogen (secondary N) is 1. The van der Waals surface area contributed by atoms with Crippen LogP contribution in [0.15, 0.2) is 48.5 Å². The van der Waals surface area contributed by atoms with E-state index in [-0.39, 0.29) is 18.3 Å². The van der Waals surface area contributed by atoms with Gasteiger partial charge in [0.25, 0.3) is 11.8 Å². The lowest BCUT2D eigenvalue weighted by atomic mass is 10.0. The van der Waals surface area contributed by atoms with Crippen molar-refractivity contribution in [3.05, 3.63) is 59.7 Å². The van der Waals surface area contributed by atoms with Crippen molar-refractivity contribution in [2.24, 2.45) is 0 Å². The van der Waals surface area contributed by atoms with E-state index in [0.717, 1.165) is 38.1 Å². The topological polar surface area (TPSA) is 67.9 Å². The van der Waals surface area contributed by atoms with E-state index in [1.807, 2.05) is 6.92 Å². The van der Waals surface area contributed by atoms with Gasteiger partial charge in [-0.15, -0.1) is 0 Å². The summed E-state index contributed by atoms with van der Waals surface area (Å²) in [6.07, 6.45) is -1.96. The summed E-state index contributed by atoms with van der Waals surface area (Å²) in [7, 11) is 0. The van der Waals surface area contributed by atoms with E-state index in [0.29, 0.717) is 17.7 Å². The molecule has 0 aromatic heterocycles. The zero-order valence-corrected chi connectivity index (χ0v) is 18.4. The molecule has 0 saturated carbocycles. The molecule has 2 aromatic rings. The Morgan fingerprint density at radius 1 is 1.03 bits per heavy atom. The van der Waals surface area contributed by atoms with E-state index in [1.54, 1.807) is 29.2 Å². The molecule has 3 rings (SSSR count). The van der Waals surface area contributed by atoms with Crippen LogP contribution in [-0.2, 0) is 15.8 Å². The third-order valence-electron chi connectivity index (χ3n) is 5.38. The Morgan fingerprint density at radius 3 is 2.45 bits per heavy atom. The molecule has 1 unspecified atom stereocenters. The van der Waals surface area contributed by atoms with Crippen LogP contribution in [0.3, 0.4) is 0 Å². The summed E-state index contributed by atoms with van der Waals surface area (Å²) in [5.41, 5.74) is -0.136. The first-order valence-electron chi connectivity index (χ1n) is 10.9. The van der Waals surface area contributed by atoms with Gasteiger partial charge in [-0.2, -0.15) is 13.2 Å². The largest absolute Gasteiger partial charge is 0.484 e. The van der Waals surface area contributed by atoms with Crippen molar-refractivity contribution in [3.8, 4) is 11.5 Å². The highest BCUT2D eigenvalue weighted by Gasteiger charge is 2.30. The highest BCUT2D eigenvalue weighted by Crippen LogP contribution is 2.31. The molecule has 1 fully saturated rings. The first-order chi connectivity index (χ1) is 15.8. The average molecular weight is 464 g/mol. The van der Waals surface area contributed by atoms with Crippen LogP contribution in [0.25, 0.3) is 0 Å². The second-order valence-electron chi connectivity index (χ2n) is 7.76. The van der Waals surface area contributed by atoms with Crippen molar-refractivity contribution in [1.29, 1.82) is 0 Å². The highest BCUT2D eigenvalue weighted by molar-refractivity contribution is 5.79. The zero-order chi connectivity index (χ0) is 23.8. The summed E-state index contributed by atoms with van der Waals surface area (Å²) < 4.78 is 49.5. The summed E-state index contributed by atoms with van der Waals surface area (Å²) in [5.74, 6) is -0.107. The van der Waals surface area contributed by atoms with Gasteiger partial charge in [-0.3, -0.25) is 9.59 Å². The number of nitrogens with zero attached hydrogens (tertiary/aromatic N) is 1. The van der Waals surface area contributed by atoms with Gasteiger partial charge >= 0.3 is 6.18 Å². The summed E-state index contributed by atoms with van der Waals surface area (Å²) in [4.78, 5) is 26.5. The second-order valence-corrected chi connectivity index (χ2v) is 7.76. The molecule has 1 aliphatic heterocycles. The van der Waals surface area contributed by atoms with Gasteiger partial charge in [0.2, 0.25) is 0 Å². The van der Waals surface area contributed by atoms with Gasteiger partial charge in [-0.25, -0.2) is 0 Å². The van der Waals surface area contributed by atoms with Crippen molar-refractivity contribution in [2.45, 2.75) is 38.4 Å². The second kappa shape index (κ2) is 11.1. The SMILES string of the molecule is CCC(NC(=O)COc1cccc(C(F)(F)F)c1)c1ccccc1OCC(=O)N1CCCC1. The molecule has 1 aliphatic rings. The van der Waals surface area contributed by atoms with Gasteiger partial charge in [0, 0.05) is 18.7 Å². The molecule has 0 spiro atoms. The molecule has 1 saturated heterocycles. The van der Waals surface area contributed by atoms with E-state index >= 15 is 0 Å². The minimum atomic E-state index is -4.49. The first-order valence-corrected chi connectivity index (χ1v) is 10.9. The van der Waals surface area contributed by atoms with E-state index in [2.05, 4.69) is 5.32 Å². The molecule has 1 heterocycles. The normalized spacial score (nSPS) is 14.6. The number of para-hydroxylation sites is 1. The van der Waals surface area contributed by atoms with Gasteiger partial charge in [0.05, 0.1) is 11.6 Å². The zero-order valence-electron chi connectivity index (χ0n) is 18.4. The Hall–Kier alpha value is -3.23. The molecule has 2 amide bonds. The molecular formula is C24H27F3N2O4. The van der Waals surface area contributed by atoms with Gasteiger partial charge in [-0.05, 0) is 43.5 Å². The molecule has 0 bridgehead atoms. The highest BCUT2D eigenvalue weighted by atomic mass is 19.4. The molecule has 33 heavy (non-hydrogen) atoms. The minimum Gasteiger partial charge on any atom is -0.484 e. The minimum absolute atomic E-state index is 0.0443. The number of likely N-dealkylation sites (tertiary alicyclic amines) is 1. The summed E-state index contributed by atoms with van der Waals surface area (Å²) in [6, 6.07) is 11.1. The van der Waals surface area contributed by atoms with Gasteiger partial charge in [0.15, 0.2) is 13.2 Å². The number of carbonyl (C=O) groups is 2. The molecule has 0 radical (unpaired) electrons. The number of rotatable bonds is 9. The maximum absolute atomic E-state index is 12.8. The third kappa shape index (κ3) is 6.87. The van der Waals surface area contributed by atoms with Crippen molar-refractivity contribution < 1.29 is 32.2 Å². The Kier molecular flexibility index (Phi) is 8.19. The first kappa shape index (κ1) is 24.4. The number of hydrogen-bond donors (Lipinski definition) is 1. The molecule has 1 N–H and O–H groups in total. The van der Waals surface area contributed by atoms with E-state index in [1.165, 1.54) is 12.1 Å². The summed E-state index contributed by atoms with van der Waals surface area (Å²) >= 11 is 0. The van der Waals surface area contributed by atoms with Crippen molar-refractivity contribution >= 4 is 11.8 Å². The van der Waals surface area contributed by atoms with Gasteiger partial charge in [0.1, 0.15) is 11.5 Å². The Balaban J connectivity index is 1.59. The van der Waals surface area contributed by atoms with Crippen LogP contribution in [-0.4, -0.2) is 43.0 Å². The van der Waals surface area contributed by atoms with Crippen LogP contribution in [0, 0.1) is 0 Å². The van der Waals surface area contributed by atoms with Crippen LogP contribution in [0.1, 0.15) is 43.4 Å². The number of benzene rings is 2. The van der Waals surface area contributed by atoms with Crippen molar-refractivity contribution in [1.82, 2.24) is 10.2 Å². The molecule has 6 nitrogen and oxygen atoms in total. The van der Waals surface area contributed by atoms with Crippen molar-refractivity contribution in [3.63, 3.8) is 0 Å². The van der Waals surface area contributed by atoms with Crippen LogP contribution < -0.4 is 14.8 Å². The predicted molar refractivity (Wildman–Crippen MR) is 116 cm³/mol. The number of carbonyl (C=O) groups excluding carboxylic acids is 2. The lowest BCUT2D eigenvalue weighted by Crippen LogP contribution is -2.34. The lowest BCUT2D eigenvalue weighted by molar-refractivity contribution is -0.137. The molecule has 9 heteroatoms. The van der Waals surface area contributed by atoms with E-state index in [9.17, 15) is 22.8 Å². The number of halogens is 3. The average Bonchev–Trinajstić information content (AvgIpc) is 3.35. The lowest BCUT2D eigenvalue weighted by Gasteiger charge is -2.22. The standard InChI is InChI=1S/C24H27F3N2O4/c1-2-20(28-22(30)15-32-18-9-7-8-17(14-18)24(25,26)27)19-10-3-4-11-21(19)33-16-23(31)29-12-5-6-13-29/h3-4,7-11,14,20H,2,5-6,12-13,15-16H2,1H3,(H,28,30). The number of ether oxygens (including phenoxy) is 2. The third-order valence-corrected chi connectivity index (χ3v) is 5.38. The van der Waals surface area contributed by atoms with E-state index < -0.39 is 30.3 Å². The Morgan fingerprint density at radius 2 is 1.76 bits per heavy atom. The quantitative estimate of drug-likeness (QED) is 0.599. The monoisotopic (exact) mass is 464 g/mol. The number of alkyl halides is 3. The molecule has 0 aliphatic carbocycles. The maximum atomic E-state index is 12.8. The van der Waals surface area contributed by atoms with Crippen LogP contribution in [0.4, 0.5) is 13.2 Å². The number of hydrogen-bond acceptors (Lipinski definition) is 4. The fraction of sp³-hybridized carbons (Fsp3) is 0.417. The maximum Gasteiger partial charge on any atom is 0.416 e. The fourth-order valence-electron chi connectivity index (χ4n) is 3.64.